The highest BCUT2D eigenvalue weighted by Gasteiger charge is 2.17. The number of benzene rings is 2. The number of aromatic nitrogens is 4. The van der Waals surface area contributed by atoms with Crippen molar-refractivity contribution in [3.8, 4) is 23.0 Å². The zero-order valence-electron chi connectivity index (χ0n) is 16.5. The molecule has 0 bridgehead atoms. The van der Waals surface area contributed by atoms with Crippen LogP contribution in [0.3, 0.4) is 0 Å². The van der Waals surface area contributed by atoms with Crippen molar-refractivity contribution in [3.05, 3.63) is 78.7 Å². The first-order chi connectivity index (χ1) is 15.1. The topological polar surface area (TPSA) is 81.9 Å². The summed E-state index contributed by atoms with van der Waals surface area (Å²) in [6.45, 7) is 0. The number of rotatable bonds is 7. The number of ether oxygens (including phenoxy) is 1. The predicted molar refractivity (Wildman–Crippen MR) is 117 cm³/mol. The summed E-state index contributed by atoms with van der Waals surface area (Å²) in [6, 6.07) is 19.0. The largest absolute Gasteiger partial charge is 0.481 e. The summed E-state index contributed by atoms with van der Waals surface area (Å²) in [5, 5.41) is 11.9. The zero-order valence-corrected chi connectivity index (χ0v) is 17.3. The van der Waals surface area contributed by atoms with Gasteiger partial charge in [-0.05, 0) is 42.5 Å². The number of para-hydroxylation sites is 1. The number of methoxy groups -OCH3 is 1. The van der Waals surface area contributed by atoms with E-state index < -0.39 is 0 Å². The minimum atomic E-state index is -0.325. The Morgan fingerprint density at radius 3 is 2.52 bits per heavy atom. The summed E-state index contributed by atoms with van der Waals surface area (Å²) < 4.78 is 20.2. The maximum Gasteiger partial charge on any atom is 0.234 e. The maximum atomic E-state index is 13.4. The van der Waals surface area contributed by atoms with Crippen LogP contribution in [0.25, 0.3) is 17.1 Å². The molecule has 0 spiro atoms. The lowest BCUT2D eigenvalue weighted by Crippen LogP contribution is -2.14. The number of pyridine rings is 1. The number of nitrogens with one attached hydrogen (secondary N) is 1. The van der Waals surface area contributed by atoms with Crippen LogP contribution in [0.1, 0.15) is 0 Å². The van der Waals surface area contributed by atoms with E-state index in [-0.39, 0.29) is 17.5 Å². The molecule has 0 unspecified atom stereocenters. The molecule has 4 aromatic rings. The normalized spacial score (nSPS) is 10.6. The summed E-state index contributed by atoms with van der Waals surface area (Å²) in [5.74, 6) is 0.627. The molecule has 0 saturated carbocycles. The Balaban J connectivity index is 1.55. The van der Waals surface area contributed by atoms with Gasteiger partial charge in [0, 0.05) is 17.3 Å². The Hall–Kier alpha value is -3.72. The average molecular weight is 435 g/mol. The summed E-state index contributed by atoms with van der Waals surface area (Å²) in [6.07, 6.45) is 1.53. The minimum absolute atomic E-state index is 0.125. The van der Waals surface area contributed by atoms with Crippen LogP contribution in [0, 0.1) is 5.82 Å². The lowest BCUT2D eigenvalue weighted by Gasteiger charge is -2.10. The molecule has 2 aromatic carbocycles. The van der Waals surface area contributed by atoms with Crippen LogP contribution in [0.4, 0.5) is 10.1 Å². The van der Waals surface area contributed by atoms with E-state index in [2.05, 4.69) is 20.5 Å². The fourth-order valence-corrected chi connectivity index (χ4v) is 3.61. The molecule has 1 N–H and O–H groups in total. The van der Waals surface area contributed by atoms with Gasteiger partial charge in [0.1, 0.15) is 5.82 Å². The first-order valence-corrected chi connectivity index (χ1v) is 10.3. The molecule has 4 rings (SSSR count). The first-order valence-electron chi connectivity index (χ1n) is 9.33. The Morgan fingerprint density at radius 2 is 1.84 bits per heavy atom. The fraction of sp³-hybridized carbons (Fsp3) is 0.0909. The molecule has 0 aliphatic rings. The molecule has 0 aliphatic heterocycles. The second-order valence-electron chi connectivity index (χ2n) is 6.41. The lowest BCUT2D eigenvalue weighted by molar-refractivity contribution is -0.113. The van der Waals surface area contributed by atoms with E-state index in [1.165, 1.54) is 37.2 Å². The highest BCUT2D eigenvalue weighted by molar-refractivity contribution is 7.99. The predicted octanol–water partition coefficient (Wildman–Crippen LogP) is 4.21. The van der Waals surface area contributed by atoms with Crippen LogP contribution < -0.4 is 10.1 Å². The van der Waals surface area contributed by atoms with Gasteiger partial charge in [-0.1, -0.05) is 30.0 Å². The number of anilines is 1. The average Bonchev–Trinajstić information content (AvgIpc) is 3.23. The lowest BCUT2D eigenvalue weighted by atomic mass is 10.2. The van der Waals surface area contributed by atoms with Gasteiger partial charge in [-0.15, -0.1) is 10.2 Å². The summed E-state index contributed by atoms with van der Waals surface area (Å²) >= 11 is 1.25. The van der Waals surface area contributed by atoms with E-state index in [9.17, 15) is 9.18 Å². The van der Waals surface area contributed by atoms with E-state index in [1.807, 2.05) is 34.9 Å². The standard InChI is InChI=1S/C22H18FN5O2S/c1-30-20-12-11-17(13-24-20)25-19(29)14-31-22-27-26-21(15-7-9-16(23)10-8-15)28(22)18-5-3-2-4-6-18/h2-13H,14H2,1H3,(H,25,29). The number of carbonyl (C=O) groups is 1. The molecular formula is C22H18FN5O2S. The van der Waals surface area contributed by atoms with Crippen LogP contribution in [0.5, 0.6) is 5.88 Å². The van der Waals surface area contributed by atoms with Crippen molar-refractivity contribution in [2.45, 2.75) is 5.16 Å². The van der Waals surface area contributed by atoms with Gasteiger partial charge in [-0.25, -0.2) is 9.37 Å². The van der Waals surface area contributed by atoms with E-state index >= 15 is 0 Å². The quantitative estimate of drug-likeness (QED) is 0.438. The molecule has 0 atom stereocenters. The number of hydrogen-bond acceptors (Lipinski definition) is 6. The van der Waals surface area contributed by atoms with Crippen molar-refractivity contribution in [1.82, 2.24) is 19.7 Å². The van der Waals surface area contributed by atoms with Crippen LogP contribution in [0.2, 0.25) is 0 Å². The number of nitrogens with zero attached hydrogens (tertiary/aromatic N) is 4. The smallest absolute Gasteiger partial charge is 0.234 e. The van der Waals surface area contributed by atoms with Crippen LogP contribution >= 0.6 is 11.8 Å². The summed E-state index contributed by atoms with van der Waals surface area (Å²) in [4.78, 5) is 16.5. The Morgan fingerprint density at radius 1 is 1.06 bits per heavy atom. The van der Waals surface area contributed by atoms with Crippen molar-refractivity contribution in [1.29, 1.82) is 0 Å². The van der Waals surface area contributed by atoms with E-state index in [0.29, 0.717) is 22.5 Å². The molecule has 31 heavy (non-hydrogen) atoms. The number of halogens is 1. The van der Waals surface area contributed by atoms with E-state index in [4.69, 9.17) is 4.74 Å². The SMILES string of the molecule is COc1ccc(NC(=O)CSc2nnc(-c3ccc(F)cc3)n2-c2ccccc2)cn1. The fourth-order valence-electron chi connectivity index (χ4n) is 2.86. The van der Waals surface area contributed by atoms with Crippen LogP contribution in [-0.2, 0) is 4.79 Å². The minimum Gasteiger partial charge on any atom is -0.481 e. The van der Waals surface area contributed by atoms with Gasteiger partial charge in [0.2, 0.25) is 11.8 Å². The molecule has 0 radical (unpaired) electrons. The van der Waals surface area contributed by atoms with Crippen molar-refractivity contribution < 1.29 is 13.9 Å². The third-order valence-electron chi connectivity index (χ3n) is 4.31. The number of amides is 1. The zero-order chi connectivity index (χ0) is 21.6. The second-order valence-corrected chi connectivity index (χ2v) is 7.35. The van der Waals surface area contributed by atoms with Crippen molar-refractivity contribution in [3.63, 3.8) is 0 Å². The third kappa shape index (κ3) is 4.89. The number of hydrogen-bond donors (Lipinski definition) is 1. The molecule has 9 heteroatoms. The highest BCUT2D eigenvalue weighted by Crippen LogP contribution is 2.28. The summed E-state index contributed by atoms with van der Waals surface area (Å²) in [7, 11) is 1.53. The van der Waals surface area contributed by atoms with Crippen LogP contribution in [0.15, 0.2) is 78.1 Å². The van der Waals surface area contributed by atoms with E-state index in [0.717, 1.165) is 11.3 Å². The number of carbonyl (C=O) groups excluding carboxylic acids is 1. The first kappa shape index (κ1) is 20.5. The van der Waals surface area contributed by atoms with Gasteiger partial charge in [0.05, 0.1) is 24.7 Å². The van der Waals surface area contributed by atoms with Gasteiger partial charge in [0.15, 0.2) is 11.0 Å². The maximum absolute atomic E-state index is 13.4. The Kier molecular flexibility index (Phi) is 6.23. The summed E-state index contributed by atoms with van der Waals surface area (Å²) in [5.41, 5.74) is 2.13. The van der Waals surface area contributed by atoms with Gasteiger partial charge in [-0.3, -0.25) is 9.36 Å². The Labute approximate surface area is 182 Å². The number of thioether (sulfide) groups is 1. The molecule has 156 valence electrons. The molecular weight excluding hydrogens is 417 g/mol. The van der Waals surface area contributed by atoms with Gasteiger partial charge in [-0.2, -0.15) is 0 Å². The molecule has 0 fully saturated rings. The molecule has 0 saturated heterocycles. The monoisotopic (exact) mass is 435 g/mol. The van der Waals surface area contributed by atoms with Crippen molar-refractivity contribution in [2.24, 2.45) is 0 Å². The molecule has 1 amide bonds. The third-order valence-corrected chi connectivity index (χ3v) is 5.24. The van der Waals surface area contributed by atoms with E-state index in [1.54, 1.807) is 24.3 Å². The molecule has 0 aliphatic carbocycles. The van der Waals surface area contributed by atoms with Gasteiger partial charge in [0.25, 0.3) is 0 Å². The highest BCUT2D eigenvalue weighted by atomic mass is 32.2. The molecule has 2 heterocycles. The van der Waals surface area contributed by atoms with Crippen molar-refractivity contribution >= 4 is 23.4 Å². The Bertz CT molecular complexity index is 1160. The van der Waals surface area contributed by atoms with Crippen molar-refractivity contribution in [2.75, 3.05) is 18.2 Å². The van der Waals surface area contributed by atoms with Crippen LogP contribution in [-0.4, -0.2) is 38.5 Å². The van der Waals surface area contributed by atoms with Gasteiger partial charge >= 0.3 is 0 Å². The van der Waals surface area contributed by atoms with Gasteiger partial charge < -0.3 is 10.1 Å². The molecule has 7 nitrogen and oxygen atoms in total. The second kappa shape index (κ2) is 9.40. The molecule has 2 aromatic heterocycles.